The van der Waals surface area contributed by atoms with Crippen molar-refractivity contribution < 1.29 is 22.7 Å². The molecule has 3 heterocycles. The van der Waals surface area contributed by atoms with Crippen molar-refractivity contribution in [1.82, 2.24) is 13.9 Å². The van der Waals surface area contributed by atoms with Crippen molar-refractivity contribution >= 4 is 27.7 Å². The van der Waals surface area contributed by atoms with E-state index in [0.717, 1.165) is 5.69 Å². The molecule has 1 amide bonds. The van der Waals surface area contributed by atoms with Gasteiger partial charge in [-0.05, 0) is 38.0 Å². The van der Waals surface area contributed by atoms with Gasteiger partial charge in [-0.25, -0.2) is 18.2 Å². The number of amides is 1. The molecule has 0 saturated carbocycles. The number of nitrogens with one attached hydrogen (secondary N) is 1. The van der Waals surface area contributed by atoms with Crippen LogP contribution in [-0.4, -0.2) is 53.8 Å². The Kier molecular flexibility index (Phi) is 5.52. The van der Waals surface area contributed by atoms with Crippen LogP contribution < -0.4 is 5.32 Å². The van der Waals surface area contributed by atoms with E-state index in [0.29, 0.717) is 18.7 Å². The topological polar surface area (TPSA) is 111 Å². The fourth-order valence-corrected chi connectivity index (χ4v) is 4.96. The summed E-state index contributed by atoms with van der Waals surface area (Å²) in [6, 6.07) is 5.64. The van der Waals surface area contributed by atoms with Gasteiger partial charge in [-0.3, -0.25) is 4.79 Å². The molecule has 3 rings (SSSR count). The first-order chi connectivity index (χ1) is 13.2. The first-order valence-electron chi connectivity index (χ1n) is 8.75. The summed E-state index contributed by atoms with van der Waals surface area (Å²) >= 11 is 0. The van der Waals surface area contributed by atoms with Crippen LogP contribution in [0.25, 0.3) is 0 Å². The van der Waals surface area contributed by atoms with Crippen LogP contribution in [0.2, 0.25) is 0 Å². The number of aromatic nitrogens is 2. The minimum absolute atomic E-state index is 0.0521. The third-order valence-corrected chi connectivity index (χ3v) is 6.50. The van der Waals surface area contributed by atoms with E-state index in [9.17, 15) is 18.0 Å². The van der Waals surface area contributed by atoms with E-state index in [1.807, 2.05) is 0 Å². The lowest BCUT2D eigenvalue weighted by molar-refractivity contribution is -0.119. The van der Waals surface area contributed by atoms with E-state index >= 15 is 0 Å². The largest absolute Gasteiger partial charge is 0.464 e. The second kappa shape index (κ2) is 7.72. The Hall–Kier alpha value is -2.72. The van der Waals surface area contributed by atoms with Crippen molar-refractivity contribution in [2.45, 2.75) is 30.7 Å². The zero-order valence-corrected chi connectivity index (χ0v) is 16.7. The van der Waals surface area contributed by atoms with E-state index < -0.39 is 27.9 Å². The van der Waals surface area contributed by atoms with Crippen LogP contribution in [0.1, 0.15) is 29.0 Å². The molecule has 150 valence electrons. The molecule has 1 fully saturated rings. The van der Waals surface area contributed by atoms with Crippen molar-refractivity contribution in [2.24, 2.45) is 7.05 Å². The lowest BCUT2D eigenvalue weighted by atomic mass is 10.2. The number of sulfonamides is 1. The molecule has 1 N–H and O–H groups in total. The van der Waals surface area contributed by atoms with Gasteiger partial charge in [-0.2, -0.15) is 4.31 Å². The maximum atomic E-state index is 13.1. The number of hydrogen-bond donors (Lipinski definition) is 1. The van der Waals surface area contributed by atoms with Gasteiger partial charge in [0.2, 0.25) is 15.9 Å². The number of pyridine rings is 1. The lowest BCUT2D eigenvalue weighted by Gasteiger charge is -2.22. The van der Waals surface area contributed by atoms with E-state index in [2.05, 4.69) is 15.0 Å². The fraction of sp³-hybridized carbons (Fsp3) is 0.389. The van der Waals surface area contributed by atoms with Crippen molar-refractivity contribution in [3.05, 3.63) is 41.9 Å². The van der Waals surface area contributed by atoms with Crippen LogP contribution >= 0.6 is 0 Å². The number of carbonyl (C=O) groups excluding carboxylic acids is 2. The SMILES string of the molecule is COC(=O)c1cc(S(=O)(=O)N2CCCC2C(=O)Nc2cccc(C)n2)cn1C. The summed E-state index contributed by atoms with van der Waals surface area (Å²) in [5.41, 5.74) is 0.860. The van der Waals surface area contributed by atoms with Crippen LogP contribution in [0.3, 0.4) is 0 Å². The lowest BCUT2D eigenvalue weighted by Crippen LogP contribution is -2.43. The summed E-state index contributed by atoms with van der Waals surface area (Å²) in [5, 5.41) is 2.69. The van der Waals surface area contributed by atoms with Gasteiger partial charge in [-0.1, -0.05) is 6.07 Å². The highest BCUT2D eigenvalue weighted by Gasteiger charge is 2.40. The number of carbonyl (C=O) groups is 2. The molecule has 1 atom stereocenters. The summed E-state index contributed by atoms with van der Waals surface area (Å²) in [6.45, 7) is 2.03. The quantitative estimate of drug-likeness (QED) is 0.750. The average Bonchev–Trinajstić information content (AvgIpc) is 3.28. The van der Waals surface area contributed by atoms with Gasteiger partial charge in [0.1, 0.15) is 22.4 Å². The van der Waals surface area contributed by atoms with E-state index in [1.54, 1.807) is 32.2 Å². The molecule has 1 aliphatic rings. The Labute approximate surface area is 163 Å². The number of esters is 1. The molecular formula is C18H22N4O5S. The predicted molar refractivity (Wildman–Crippen MR) is 101 cm³/mol. The Morgan fingerprint density at radius 2 is 2.07 bits per heavy atom. The molecule has 1 aliphatic heterocycles. The standard InChI is InChI=1S/C18H22N4O5S/c1-12-6-4-8-16(19-12)20-17(23)14-7-5-9-22(14)28(25,26)13-10-15(18(24)27-3)21(2)11-13/h4,6,8,10-11,14H,5,7,9H2,1-3H3,(H,19,20,23). The number of anilines is 1. The van der Waals surface area contributed by atoms with Crippen molar-refractivity contribution in [3.8, 4) is 0 Å². The maximum absolute atomic E-state index is 13.1. The number of hydrogen-bond acceptors (Lipinski definition) is 6. The number of ether oxygens (including phenoxy) is 1. The highest BCUT2D eigenvalue weighted by Crippen LogP contribution is 2.28. The van der Waals surface area contributed by atoms with Gasteiger partial charge in [0.25, 0.3) is 0 Å². The molecule has 1 saturated heterocycles. The second-order valence-electron chi connectivity index (χ2n) is 6.59. The third-order valence-electron chi connectivity index (χ3n) is 4.63. The van der Waals surface area contributed by atoms with Gasteiger partial charge in [0.15, 0.2) is 0 Å². The molecule has 9 nitrogen and oxygen atoms in total. The molecule has 0 spiro atoms. The first kappa shape index (κ1) is 20.0. The van der Waals surface area contributed by atoms with Crippen molar-refractivity contribution in [3.63, 3.8) is 0 Å². The molecule has 0 radical (unpaired) electrons. The van der Waals surface area contributed by atoms with Crippen LogP contribution in [0.4, 0.5) is 5.82 Å². The molecular weight excluding hydrogens is 384 g/mol. The Balaban J connectivity index is 1.85. The normalized spacial score (nSPS) is 17.5. The first-order valence-corrected chi connectivity index (χ1v) is 10.2. The molecule has 2 aromatic rings. The minimum atomic E-state index is -3.95. The number of aryl methyl sites for hydroxylation is 2. The molecule has 28 heavy (non-hydrogen) atoms. The predicted octanol–water partition coefficient (Wildman–Crippen LogP) is 1.31. The van der Waals surface area contributed by atoms with E-state index in [1.165, 1.54) is 28.2 Å². The summed E-state index contributed by atoms with van der Waals surface area (Å²) < 4.78 is 33.4. The molecule has 2 aromatic heterocycles. The monoisotopic (exact) mass is 406 g/mol. The fourth-order valence-electron chi connectivity index (χ4n) is 3.23. The van der Waals surface area contributed by atoms with Crippen LogP contribution in [-0.2, 0) is 26.6 Å². The summed E-state index contributed by atoms with van der Waals surface area (Å²) in [4.78, 5) is 28.6. The van der Waals surface area contributed by atoms with E-state index in [4.69, 9.17) is 0 Å². The third kappa shape index (κ3) is 3.78. The number of nitrogens with zero attached hydrogens (tertiary/aromatic N) is 3. The Morgan fingerprint density at radius 1 is 1.32 bits per heavy atom. The summed E-state index contributed by atoms with van der Waals surface area (Å²) in [6.07, 6.45) is 2.32. The Bertz CT molecular complexity index is 1010. The zero-order valence-electron chi connectivity index (χ0n) is 15.9. The van der Waals surface area contributed by atoms with Crippen LogP contribution in [0.5, 0.6) is 0 Å². The van der Waals surface area contributed by atoms with Gasteiger partial charge in [-0.15, -0.1) is 0 Å². The van der Waals surface area contributed by atoms with Gasteiger partial charge < -0.3 is 14.6 Å². The number of rotatable bonds is 5. The number of methoxy groups -OCH3 is 1. The average molecular weight is 406 g/mol. The molecule has 1 unspecified atom stereocenters. The molecule has 10 heteroatoms. The molecule has 0 aliphatic carbocycles. The van der Waals surface area contributed by atoms with Crippen molar-refractivity contribution in [1.29, 1.82) is 0 Å². The molecule has 0 bridgehead atoms. The molecule has 0 aromatic carbocycles. The summed E-state index contributed by atoms with van der Waals surface area (Å²) in [5.74, 6) is -0.685. The second-order valence-corrected chi connectivity index (χ2v) is 8.48. The van der Waals surface area contributed by atoms with Crippen molar-refractivity contribution in [2.75, 3.05) is 19.0 Å². The van der Waals surface area contributed by atoms with Crippen LogP contribution in [0, 0.1) is 6.92 Å². The highest BCUT2D eigenvalue weighted by atomic mass is 32.2. The zero-order chi connectivity index (χ0) is 20.5. The van der Waals surface area contributed by atoms with Gasteiger partial charge in [0.05, 0.1) is 7.11 Å². The highest BCUT2D eigenvalue weighted by molar-refractivity contribution is 7.89. The van der Waals surface area contributed by atoms with Crippen LogP contribution in [0.15, 0.2) is 35.4 Å². The summed E-state index contributed by atoms with van der Waals surface area (Å²) in [7, 11) is -1.17. The maximum Gasteiger partial charge on any atom is 0.354 e. The smallest absolute Gasteiger partial charge is 0.354 e. The van der Waals surface area contributed by atoms with E-state index in [-0.39, 0.29) is 17.1 Å². The van der Waals surface area contributed by atoms with Gasteiger partial charge >= 0.3 is 5.97 Å². The Morgan fingerprint density at radius 3 is 2.75 bits per heavy atom. The minimum Gasteiger partial charge on any atom is -0.464 e. The van der Waals surface area contributed by atoms with Gasteiger partial charge in [0, 0.05) is 25.5 Å².